The number of benzene rings is 2. The number of rotatable bonds is 2. The molecule has 0 aromatic heterocycles. The molecule has 0 saturated heterocycles. The molecule has 0 radical (unpaired) electrons. The van der Waals surface area contributed by atoms with Crippen molar-refractivity contribution in [2.45, 2.75) is 0 Å². The zero-order valence-corrected chi connectivity index (χ0v) is 11.4. The Morgan fingerprint density at radius 3 is 2.43 bits per heavy atom. The fraction of sp³-hybridized carbons (Fsp3) is 0.0588. The van der Waals surface area contributed by atoms with Crippen LogP contribution in [0.25, 0.3) is 11.6 Å². The van der Waals surface area contributed by atoms with Crippen molar-refractivity contribution < 1.29 is 14.7 Å². The van der Waals surface area contributed by atoms with Gasteiger partial charge in [0.1, 0.15) is 0 Å². The third kappa shape index (κ3) is 2.21. The highest BCUT2D eigenvalue weighted by Gasteiger charge is 2.28. The Kier molecular flexibility index (Phi) is 3.06. The van der Waals surface area contributed by atoms with Crippen LogP contribution in [0.5, 0.6) is 0 Å². The van der Waals surface area contributed by atoms with E-state index < -0.39 is 5.97 Å². The number of hydrogen-bond acceptors (Lipinski definition) is 2. The van der Waals surface area contributed by atoms with Gasteiger partial charge in [-0.3, -0.25) is 4.79 Å². The first-order valence-electron chi connectivity index (χ1n) is 6.50. The number of amides is 1. The fourth-order valence-electron chi connectivity index (χ4n) is 2.43. The molecule has 1 N–H and O–H groups in total. The maximum Gasteiger partial charge on any atom is 0.335 e. The average molecular weight is 279 g/mol. The molecule has 1 amide bonds. The number of carbonyl (C=O) groups is 2. The van der Waals surface area contributed by atoms with Crippen molar-refractivity contribution in [3.63, 3.8) is 0 Å². The second-order valence-corrected chi connectivity index (χ2v) is 4.87. The Balaban J connectivity index is 2.03. The smallest absolute Gasteiger partial charge is 0.335 e. The number of likely N-dealkylation sites (N-methyl/N-ethyl adjacent to an activating group) is 1. The number of aromatic carboxylic acids is 1. The van der Waals surface area contributed by atoms with Crippen LogP contribution in [0, 0.1) is 0 Å². The summed E-state index contributed by atoms with van der Waals surface area (Å²) in [5.74, 6) is -1.02. The summed E-state index contributed by atoms with van der Waals surface area (Å²) in [6.07, 6.45) is 1.79. The molecule has 0 aliphatic carbocycles. The standard InChI is InChI=1S/C17H13NO3/c1-18-15-5-3-2-4-13(15)14(16(18)19)10-11-6-8-12(9-7-11)17(20)21/h2-10H,1H3,(H,20,21). The van der Waals surface area contributed by atoms with Crippen LogP contribution in [0.1, 0.15) is 21.5 Å². The minimum Gasteiger partial charge on any atom is -0.478 e. The van der Waals surface area contributed by atoms with Crippen LogP contribution in [0.2, 0.25) is 0 Å². The predicted octanol–water partition coefficient (Wildman–Crippen LogP) is 2.90. The molecular formula is C17H13NO3. The molecule has 1 aliphatic heterocycles. The van der Waals surface area contributed by atoms with Crippen LogP contribution < -0.4 is 4.90 Å². The van der Waals surface area contributed by atoms with E-state index >= 15 is 0 Å². The third-order valence-corrected chi connectivity index (χ3v) is 3.56. The summed E-state index contributed by atoms with van der Waals surface area (Å²) < 4.78 is 0. The molecule has 104 valence electrons. The lowest BCUT2D eigenvalue weighted by atomic mass is 10.0. The maximum absolute atomic E-state index is 12.3. The number of carboxylic acids is 1. The molecule has 1 heterocycles. The second kappa shape index (κ2) is 4.90. The summed E-state index contributed by atoms with van der Waals surface area (Å²) >= 11 is 0. The molecule has 0 saturated carbocycles. The number of carboxylic acid groups (broad SMARTS) is 1. The largest absolute Gasteiger partial charge is 0.478 e. The van der Waals surface area contributed by atoms with Gasteiger partial charge < -0.3 is 10.0 Å². The van der Waals surface area contributed by atoms with Gasteiger partial charge in [0, 0.05) is 18.2 Å². The lowest BCUT2D eigenvalue weighted by Gasteiger charge is -2.07. The maximum atomic E-state index is 12.3. The topological polar surface area (TPSA) is 57.6 Å². The van der Waals surface area contributed by atoms with Crippen LogP contribution >= 0.6 is 0 Å². The van der Waals surface area contributed by atoms with Gasteiger partial charge in [-0.1, -0.05) is 30.3 Å². The summed E-state index contributed by atoms with van der Waals surface area (Å²) in [6.45, 7) is 0. The molecule has 4 heteroatoms. The Labute approximate surface area is 121 Å². The molecule has 0 spiro atoms. The molecule has 0 fully saturated rings. The first-order chi connectivity index (χ1) is 10.1. The lowest BCUT2D eigenvalue weighted by Crippen LogP contribution is -2.20. The van der Waals surface area contributed by atoms with Crippen LogP contribution in [0.3, 0.4) is 0 Å². The van der Waals surface area contributed by atoms with Crippen LogP contribution in [-0.2, 0) is 4.79 Å². The van der Waals surface area contributed by atoms with Crippen LogP contribution in [-0.4, -0.2) is 24.0 Å². The van der Waals surface area contributed by atoms with Crippen molar-refractivity contribution in [1.29, 1.82) is 0 Å². The molecule has 3 rings (SSSR count). The fourth-order valence-corrected chi connectivity index (χ4v) is 2.43. The molecule has 0 atom stereocenters. The average Bonchev–Trinajstić information content (AvgIpc) is 2.73. The van der Waals surface area contributed by atoms with Crippen molar-refractivity contribution in [3.05, 3.63) is 65.2 Å². The molecule has 21 heavy (non-hydrogen) atoms. The van der Waals surface area contributed by atoms with Gasteiger partial charge in [0.05, 0.1) is 11.3 Å². The Hall–Kier alpha value is -2.88. The molecule has 1 aliphatic rings. The highest BCUT2D eigenvalue weighted by Crippen LogP contribution is 2.36. The van der Waals surface area contributed by atoms with E-state index in [1.54, 1.807) is 30.2 Å². The quantitative estimate of drug-likeness (QED) is 0.860. The van der Waals surface area contributed by atoms with E-state index in [4.69, 9.17) is 5.11 Å². The highest BCUT2D eigenvalue weighted by atomic mass is 16.4. The second-order valence-electron chi connectivity index (χ2n) is 4.87. The van der Waals surface area contributed by atoms with E-state index in [2.05, 4.69) is 0 Å². The van der Waals surface area contributed by atoms with Crippen molar-refractivity contribution in [2.75, 3.05) is 11.9 Å². The number of fused-ring (bicyclic) bond motifs is 1. The summed E-state index contributed by atoms with van der Waals surface area (Å²) in [7, 11) is 1.75. The zero-order chi connectivity index (χ0) is 15.0. The molecule has 2 aromatic carbocycles. The van der Waals surface area contributed by atoms with Gasteiger partial charge in [-0.05, 0) is 29.8 Å². The van der Waals surface area contributed by atoms with Gasteiger partial charge >= 0.3 is 5.97 Å². The van der Waals surface area contributed by atoms with E-state index in [-0.39, 0.29) is 11.5 Å². The molecule has 2 aromatic rings. The predicted molar refractivity (Wildman–Crippen MR) is 81.1 cm³/mol. The van der Waals surface area contributed by atoms with Crippen molar-refractivity contribution in [3.8, 4) is 0 Å². The monoisotopic (exact) mass is 279 g/mol. The molecule has 0 unspecified atom stereocenters. The third-order valence-electron chi connectivity index (χ3n) is 3.56. The number of anilines is 1. The highest BCUT2D eigenvalue weighted by molar-refractivity contribution is 6.35. The van der Waals surface area contributed by atoms with Crippen LogP contribution in [0.15, 0.2) is 48.5 Å². The molecule has 0 bridgehead atoms. The summed E-state index contributed by atoms with van der Waals surface area (Å²) in [5, 5.41) is 8.89. The van der Waals surface area contributed by atoms with Gasteiger partial charge in [-0.25, -0.2) is 4.79 Å². The summed E-state index contributed by atoms with van der Waals surface area (Å²) in [6, 6.07) is 14.1. The van der Waals surface area contributed by atoms with Gasteiger partial charge in [0.25, 0.3) is 5.91 Å². The minimum absolute atomic E-state index is 0.0569. The SMILES string of the molecule is CN1C(=O)C(=Cc2ccc(C(=O)O)cc2)c2ccccc21. The lowest BCUT2D eigenvalue weighted by molar-refractivity contribution is -0.112. The number of nitrogens with zero attached hydrogens (tertiary/aromatic N) is 1. The van der Waals surface area contributed by atoms with Crippen molar-refractivity contribution in [1.82, 2.24) is 0 Å². The van der Waals surface area contributed by atoms with E-state index in [1.807, 2.05) is 24.3 Å². The van der Waals surface area contributed by atoms with Gasteiger partial charge in [-0.15, -0.1) is 0 Å². The Morgan fingerprint density at radius 2 is 1.76 bits per heavy atom. The molecular weight excluding hydrogens is 266 g/mol. The molecule has 4 nitrogen and oxygen atoms in total. The summed E-state index contributed by atoms with van der Waals surface area (Å²) in [4.78, 5) is 24.8. The van der Waals surface area contributed by atoms with E-state index in [9.17, 15) is 9.59 Å². The van der Waals surface area contributed by atoms with Crippen molar-refractivity contribution in [2.24, 2.45) is 0 Å². The van der Waals surface area contributed by atoms with Crippen LogP contribution in [0.4, 0.5) is 5.69 Å². The number of para-hydroxylation sites is 1. The summed E-state index contributed by atoms with van der Waals surface area (Å²) in [5.41, 5.74) is 3.43. The zero-order valence-electron chi connectivity index (χ0n) is 11.4. The Morgan fingerprint density at radius 1 is 1.10 bits per heavy atom. The first-order valence-corrected chi connectivity index (χ1v) is 6.50. The normalized spacial score (nSPS) is 15.4. The number of carbonyl (C=O) groups excluding carboxylic acids is 1. The van der Waals surface area contributed by atoms with Gasteiger partial charge in [0.15, 0.2) is 0 Å². The van der Waals surface area contributed by atoms with E-state index in [0.29, 0.717) is 5.57 Å². The number of hydrogen-bond donors (Lipinski definition) is 1. The van der Waals surface area contributed by atoms with Gasteiger partial charge in [0.2, 0.25) is 0 Å². The first kappa shape index (κ1) is 13.1. The van der Waals surface area contributed by atoms with Crippen molar-refractivity contribution >= 4 is 29.2 Å². The Bertz CT molecular complexity index is 760. The van der Waals surface area contributed by atoms with E-state index in [0.717, 1.165) is 16.8 Å². The van der Waals surface area contributed by atoms with Gasteiger partial charge in [-0.2, -0.15) is 0 Å². The minimum atomic E-state index is -0.962. The van der Waals surface area contributed by atoms with E-state index in [1.165, 1.54) is 12.1 Å².